The predicted octanol–water partition coefficient (Wildman–Crippen LogP) is -0.232. The second-order valence-electron chi connectivity index (χ2n) is 4.04. The van der Waals surface area contributed by atoms with Crippen LogP contribution in [0.15, 0.2) is 0 Å². The van der Waals surface area contributed by atoms with Crippen molar-refractivity contribution in [2.75, 3.05) is 24.7 Å². The molecular formula is C9H19NO3S. The Morgan fingerprint density at radius 3 is 2.71 bits per heavy atom. The molecule has 0 saturated carbocycles. The lowest BCUT2D eigenvalue weighted by molar-refractivity contribution is 0.169. The number of hydrogen-bond acceptors (Lipinski definition) is 4. The molecular weight excluding hydrogens is 202 g/mol. The van der Waals surface area contributed by atoms with Crippen molar-refractivity contribution in [2.45, 2.75) is 19.3 Å². The summed E-state index contributed by atoms with van der Waals surface area (Å²) in [6.07, 6.45) is 2.36. The second kappa shape index (κ2) is 5.09. The zero-order valence-corrected chi connectivity index (χ0v) is 9.17. The Hall–Kier alpha value is -0.130. The van der Waals surface area contributed by atoms with Gasteiger partial charge in [0.1, 0.15) is 0 Å². The van der Waals surface area contributed by atoms with Crippen LogP contribution in [0.2, 0.25) is 0 Å². The molecule has 3 N–H and O–H groups in total. The zero-order valence-electron chi connectivity index (χ0n) is 8.35. The van der Waals surface area contributed by atoms with Gasteiger partial charge in [0.05, 0.1) is 11.5 Å². The minimum absolute atomic E-state index is 0.0530. The molecule has 0 aromatic heterocycles. The summed E-state index contributed by atoms with van der Waals surface area (Å²) in [5.74, 6) is 0.722. The van der Waals surface area contributed by atoms with Gasteiger partial charge in [-0.15, -0.1) is 0 Å². The van der Waals surface area contributed by atoms with Crippen molar-refractivity contribution >= 4 is 9.84 Å². The number of aliphatic hydroxyl groups excluding tert-OH is 1. The van der Waals surface area contributed by atoms with Crippen molar-refractivity contribution in [3.05, 3.63) is 0 Å². The first-order valence-corrected chi connectivity index (χ1v) is 6.92. The molecule has 84 valence electrons. The molecule has 0 aromatic rings. The van der Waals surface area contributed by atoms with Gasteiger partial charge in [-0.2, -0.15) is 0 Å². The van der Waals surface area contributed by atoms with Crippen molar-refractivity contribution in [3.8, 4) is 0 Å². The van der Waals surface area contributed by atoms with E-state index in [4.69, 9.17) is 10.8 Å². The van der Waals surface area contributed by atoms with Gasteiger partial charge in [0.25, 0.3) is 0 Å². The van der Waals surface area contributed by atoms with Gasteiger partial charge < -0.3 is 10.8 Å². The third kappa shape index (κ3) is 3.22. The highest BCUT2D eigenvalue weighted by Crippen LogP contribution is 2.26. The van der Waals surface area contributed by atoms with Gasteiger partial charge in [-0.05, 0) is 37.6 Å². The molecule has 0 spiro atoms. The standard InChI is InChI=1S/C9H19NO3S/c10-4-3-8(6-11)9-2-1-5-14(12,13)7-9/h8-9,11H,1-7,10H2. The third-order valence-electron chi connectivity index (χ3n) is 2.94. The van der Waals surface area contributed by atoms with Crippen LogP contribution in [-0.2, 0) is 9.84 Å². The number of sulfone groups is 1. The van der Waals surface area contributed by atoms with E-state index < -0.39 is 9.84 Å². The van der Waals surface area contributed by atoms with E-state index in [0.29, 0.717) is 12.3 Å². The Balaban J connectivity index is 2.57. The zero-order chi connectivity index (χ0) is 10.6. The molecule has 1 fully saturated rings. The summed E-state index contributed by atoms with van der Waals surface area (Å²) >= 11 is 0. The maximum absolute atomic E-state index is 11.4. The quantitative estimate of drug-likeness (QED) is 0.687. The summed E-state index contributed by atoms with van der Waals surface area (Å²) < 4.78 is 22.7. The topological polar surface area (TPSA) is 80.4 Å². The molecule has 5 heteroatoms. The van der Waals surface area contributed by atoms with Gasteiger partial charge in [-0.25, -0.2) is 8.42 Å². The van der Waals surface area contributed by atoms with Crippen LogP contribution < -0.4 is 5.73 Å². The maximum Gasteiger partial charge on any atom is 0.150 e. The van der Waals surface area contributed by atoms with Crippen LogP contribution in [0.5, 0.6) is 0 Å². The lowest BCUT2D eigenvalue weighted by Gasteiger charge is -2.28. The van der Waals surface area contributed by atoms with Crippen molar-refractivity contribution in [1.82, 2.24) is 0 Å². The molecule has 0 bridgehead atoms. The van der Waals surface area contributed by atoms with E-state index in [0.717, 1.165) is 19.3 Å². The van der Waals surface area contributed by atoms with Gasteiger partial charge in [0.15, 0.2) is 9.84 Å². The number of hydrogen-bond donors (Lipinski definition) is 2. The summed E-state index contributed by atoms with van der Waals surface area (Å²) in [7, 11) is -2.86. The van der Waals surface area contributed by atoms with E-state index >= 15 is 0 Å². The first-order valence-electron chi connectivity index (χ1n) is 5.10. The first-order chi connectivity index (χ1) is 6.59. The molecule has 1 aliphatic rings. The highest BCUT2D eigenvalue weighted by Gasteiger charge is 2.29. The molecule has 0 amide bonds. The average Bonchev–Trinajstić information content (AvgIpc) is 2.12. The van der Waals surface area contributed by atoms with Crippen LogP contribution in [0, 0.1) is 11.8 Å². The molecule has 1 heterocycles. The molecule has 1 saturated heterocycles. The summed E-state index contributed by atoms with van der Waals surface area (Å²) in [5.41, 5.74) is 5.42. The van der Waals surface area contributed by atoms with E-state index in [9.17, 15) is 8.42 Å². The number of rotatable bonds is 4. The van der Waals surface area contributed by atoms with E-state index in [2.05, 4.69) is 0 Å². The highest BCUT2D eigenvalue weighted by atomic mass is 32.2. The van der Waals surface area contributed by atoms with Gasteiger partial charge >= 0.3 is 0 Å². The van der Waals surface area contributed by atoms with E-state index in [1.165, 1.54) is 0 Å². The van der Waals surface area contributed by atoms with Crippen molar-refractivity contribution in [2.24, 2.45) is 17.6 Å². The van der Waals surface area contributed by atoms with Crippen LogP contribution in [-0.4, -0.2) is 38.2 Å². The molecule has 0 aliphatic carbocycles. The smallest absolute Gasteiger partial charge is 0.150 e. The molecule has 1 rings (SSSR count). The molecule has 14 heavy (non-hydrogen) atoms. The Labute approximate surface area is 85.4 Å². The molecule has 0 radical (unpaired) electrons. The molecule has 2 unspecified atom stereocenters. The van der Waals surface area contributed by atoms with Crippen molar-refractivity contribution in [3.63, 3.8) is 0 Å². The molecule has 0 aromatic carbocycles. The lowest BCUT2D eigenvalue weighted by Crippen LogP contribution is -2.33. The van der Waals surface area contributed by atoms with Crippen molar-refractivity contribution < 1.29 is 13.5 Å². The van der Waals surface area contributed by atoms with Gasteiger partial charge in [-0.3, -0.25) is 0 Å². The van der Waals surface area contributed by atoms with Crippen LogP contribution in [0.25, 0.3) is 0 Å². The Bertz CT molecular complexity index is 263. The predicted molar refractivity (Wildman–Crippen MR) is 55.6 cm³/mol. The SMILES string of the molecule is NCCC(CO)C1CCCS(=O)(=O)C1. The average molecular weight is 221 g/mol. The van der Waals surface area contributed by atoms with E-state index in [1.807, 2.05) is 0 Å². The van der Waals surface area contributed by atoms with Gasteiger partial charge in [0, 0.05) is 6.61 Å². The summed E-state index contributed by atoms with van der Waals surface area (Å²) in [6, 6.07) is 0. The molecule has 4 nitrogen and oxygen atoms in total. The van der Waals surface area contributed by atoms with Crippen LogP contribution in [0.1, 0.15) is 19.3 Å². The Morgan fingerprint density at radius 1 is 1.50 bits per heavy atom. The fraction of sp³-hybridized carbons (Fsp3) is 1.00. The molecule has 1 aliphatic heterocycles. The normalized spacial score (nSPS) is 28.6. The van der Waals surface area contributed by atoms with Gasteiger partial charge in [-0.1, -0.05) is 0 Å². The summed E-state index contributed by atoms with van der Waals surface area (Å²) in [4.78, 5) is 0. The van der Waals surface area contributed by atoms with Crippen molar-refractivity contribution in [1.29, 1.82) is 0 Å². The van der Waals surface area contributed by atoms with E-state index in [1.54, 1.807) is 0 Å². The summed E-state index contributed by atoms with van der Waals surface area (Å²) in [6.45, 7) is 0.569. The Kier molecular flexibility index (Phi) is 4.34. The maximum atomic E-state index is 11.4. The van der Waals surface area contributed by atoms with Crippen LogP contribution in [0.3, 0.4) is 0 Å². The molecule has 2 atom stereocenters. The monoisotopic (exact) mass is 221 g/mol. The fourth-order valence-electron chi connectivity index (χ4n) is 2.12. The van der Waals surface area contributed by atoms with Crippen LogP contribution >= 0.6 is 0 Å². The third-order valence-corrected chi connectivity index (χ3v) is 4.78. The lowest BCUT2D eigenvalue weighted by atomic mass is 9.88. The highest BCUT2D eigenvalue weighted by molar-refractivity contribution is 7.91. The fourth-order valence-corrected chi connectivity index (χ4v) is 3.98. The minimum atomic E-state index is -2.86. The first kappa shape index (κ1) is 11.9. The second-order valence-corrected chi connectivity index (χ2v) is 6.27. The Morgan fingerprint density at radius 2 is 2.21 bits per heavy atom. The van der Waals surface area contributed by atoms with Gasteiger partial charge in [0.2, 0.25) is 0 Å². The number of aliphatic hydroxyl groups is 1. The summed E-state index contributed by atoms with van der Waals surface area (Å²) in [5, 5.41) is 9.13. The largest absolute Gasteiger partial charge is 0.396 e. The van der Waals surface area contributed by atoms with Crippen LogP contribution in [0.4, 0.5) is 0 Å². The van der Waals surface area contributed by atoms with E-state index in [-0.39, 0.29) is 24.2 Å². The minimum Gasteiger partial charge on any atom is -0.396 e. The number of nitrogens with two attached hydrogens (primary N) is 1.